The van der Waals surface area contributed by atoms with Gasteiger partial charge in [-0.25, -0.2) is 4.39 Å². The fraction of sp³-hybridized carbons (Fsp3) is 0.556. The molecule has 2 aromatic carbocycles. The third-order valence-corrected chi connectivity index (χ3v) is 7.91. The summed E-state index contributed by atoms with van der Waals surface area (Å²) in [4.78, 5) is 0. The molecule has 0 heterocycles. The van der Waals surface area contributed by atoms with E-state index in [0.29, 0.717) is 5.92 Å². The van der Waals surface area contributed by atoms with Gasteiger partial charge in [0.25, 0.3) is 0 Å². The highest BCUT2D eigenvalue weighted by Crippen LogP contribution is 2.40. The molecular weight excluding hydrogens is 379 g/mol. The summed E-state index contributed by atoms with van der Waals surface area (Å²) in [6.45, 7) is 2.41. The topological polar surface area (TPSA) is 0 Å². The zero-order valence-corrected chi connectivity index (χ0v) is 18.4. The van der Waals surface area contributed by atoms with Crippen molar-refractivity contribution in [3.05, 3.63) is 58.9 Å². The Labute approximate surface area is 180 Å². The van der Waals surface area contributed by atoms with Gasteiger partial charge in [-0.1, -0.05) is 87.4 Å². The first-order valence-corrected chi connectivity index (χ1v) is 12.0. The van der Waals surface area contributed by atoms with Crippen LogP contribution < -0.4 is 0 Å². The monoisotopic (exact) mass is 412 g/mol. The van der Waals surface area contributed by atoms with Gasteiger partial charge in [0.05, 0.1) is 5.02 Å². The molecule has 29 heavy (non-hydrogen) atoms. The molecule has 2 aliphatic rings. The van der Waals surface area contributed by atoms with Crippen LogP contribution in [0.1, 0.15) is 82.6 Å². The van der Waals surface area contributed by atoms with Gasteiger partial charge in [0, 0.05) is 0 Å². The molecule has 0 N–H and O–H groups in total. The van der Waals surface area contributed by atoms with Crippen molar-refractivity contribution in [2.75, 3.05) is 0 Å². The lowest BCUT2D eigenvalue weighted by Gasteiger charge is -2.31. The second-order valence-corrected chi connectivity index (χ2v) is 10.1. The summed E-state index contributed by atoms with van der Waals surface area (Å²) in [7, 11) is 0. The quantitative estimate of drug-likeness (QED) is 0.459. The molecule has 0 bridgehead atoms. The van der Waals surface area contributed by atoms with Gasteiger partial charge < -0.3 is 0 Å². The summed E-state index contributed by atoms with van der Waals surface area (Å²) in [6.07, 6.45) is 14.2. The Morgan fingerprint density at radius 1 is 0.759 bits per heavy atom. The van der Waals surface area contributed by atoms with Crippen LogP contribution in [0.2, 0.25) is 5.02 Å². The maximum atomic E-state index is 13.7. The van der Waals surface area contributed by atoms with E-state index in [1.165, 1.54) is 75.8 Å². The second kappa shape index (κ2) is 9.65. The van der Waals surface area contributed by atoms with Gasteiger partial charge in [-0.2, -0.15) is 0 Å². The first-order chi connectivity index (χ1) is 14.1. The largest absolute Gasteiger partial charge is 0.205 e. The highest BCUT2D eigenvalue weighted by molar-refractivity contribution is 6.30. The van der Waals surface area contributed by atoms with Gasteiger partial charge in [-0.15, -0.1) is 0 Å². The van der Waals surface area contributed by atoms with Crippen LogP contribution >= 0.6 is 11.6 Å². The van der Waals surface area contributed by atoms with E-state index < -0.39 is 0 Å². The molecule has 156 valence electrons. The standard InChI is InChI=1S/C27H34ClF/c1-19-2-4-20(5-3-19)6-7-21-8-10-22(11-9-21)23-12-14-24(15-13-23)25-16-17-26(28)27(29)18-25/h12-22H,2-11H2,1H3/t19-,20-,21-,22-. The van der Waals surface area contributed by atoms with E-state index in [1.54, 1.807) is 6.07 Å². The molecule has 0 atom stereocenters. The summed E-state index contributed by atoms with van der Waals surface area (Å²) in [6, 6.07) is 13.8. The van der Waals surface area contributed by atoms with Crippen molar-refractivity contribution in [2.45, 2.75) is 77.0 Å². The first kappa shape index (κ1) is 20.9. The van der Waals surface area contributed by atoms with Gasteiger partial charge in [0.15, 0.2) is 0 Å². The molecular formula is C27H34ClF. The minimum Gasteiger partial charge on any atom is -0.205 e. The van der Waals surface area contributed by atoms with Crippen LogP contribution in [0.25, 0.3) is 11.1 Å². The predicted octanol–water partition coefficient (Wildman–Crippen LogP) is 9.03. The Balaban J connectivity index is 1.27. The van der Waals surface area contributed by atoms with Crippen LogP contribution in [0.4, 0.5) is 4.39 Å². The maximum Gasteiger partial charge on any atom is 0.142 e. The van der Waals surface area contributed by atoms with Gasteiger partial charge in [0.1, 0.15) is 5.82 Å². The van der Waals surface area contributed by atoms with Crippen molar-refractivity contribution in [1.82, 2.24) is 0 Å². The summed E-state index contributed by atoms with van der Waals surface area (Å²) in [5.74, 6) is 3.26. The Morgan fingerprint density at radius 3 is 1.90 bits per heavy atom. The van der Waals surface area contributed by atoms with Crippen LogP contribution in [0, 0.1) is 23.6 Å². The molecule has 0 aliphatic heterocycles. The molecule has 2 aromatic rings. The Kier molecular flexibility index (Phi) is 6.96. The SMILES string of the molecule is C[C@H]1CC[C@H](CC[C@H]2CC[C@H](c3ccc(-c4ccc(Cl)c(F)c4)cc3)CC2)CC1. The van der Waals surface area contributed by atoms with Crippen LogP contribution in [0.15, 0.2) is 42.5 Å². The second-order valence-electron chi connectivity index (χ2n) is 9.67. The van der Waals surface area contributed by atoms with Crippen LogP contribution in [-0.4, -0.2) is 0 Å². The smallest absolute Gasteiger partial charge is 0.142 e. The lowest BCUT2D eigenvalue weighted by Crippen LogP contribution is -2.16. The molecule has 0 spiro atoms. The van der Waals surface area contributed by atoms with E-state index in [4.69, 9.17) is 11.6 Å². The first-order valence-electron chi connectivity index (χ1n) is 11.6. The van der Waals surface area contributed by atoms with Gasteiger partial charge in [0.2, 0.25) is 0 Å². The van der Waals surface area contributed by atoms with E-state index in [2.05, 4.69) is 31.2 Å². The highest BCUT2D eigenvalue weighted by Gasteiger charge is 2.24. The van der Waals surface area contributed by atoms with Crippen molar-refractivity contribution >= 4 is 11.6 Å². The molecule has 0 radical (unpaired) electrons. The summed E-state index contributed by atoms with van der Waals surface area (Å²) < 4.78 is 13.7. The van der Waals surface area contributed by atoms with Crippen LogP contribution in [0.3, 0.4) is 0 Å². The number of halogens is 2. The van der Waals surface area contributed by atoms with Crippen molar-refractivity contribution in [3.63, 3.8) is 0 Å². The molecule has 2 saturated carbocycles. The van der Waals surface area contributed by atoms with E-state index in [0.717, 1.165) is 28.9 Å². The number of rotatable bonds is 5. The lowest BCUT2D eigenvalue weighted by atomic mass is 9.74. The normalized spacial score (nSPS) is 27.7. The Hall–Kier alpha value is -1.34. The lowest BCUT2D eigenvalue weighted by molar-refractivity contribution is 0.237. The number of hydrogen-bond acceptors (Lipinski definition) is 0. The predicted molar refractivity (Wildman–Crippen MR) is 122 cm³/mol. The highest BCUT2D eigenvalue weighted by atomic mass is 35.5. The summed E-state index contributed by atoms with van der Waals surface area (Å²) in [5, 5.41) is 0.181. The van der Waals surface area contributed by atoms with Crippen LogP contribution in [0.5, 0.6) is 0 Å². The van der Waals surface area contributed by atoms with E-state index >= 15 is 0 Å². The molecule has 2 heteroatoms. The Bertz CT molecular complexity index is 781. The van der Waals surface area contributed by atoms with Crippen molar-refractivity contribution in [1.29, 1.82) is 0 Å². The summed E-state index contributed by atoms with van der Waals surface area (Å²) >= 11 is 5.80. The molecule has 2 aliphatic carbocycles. The molecule has 0 nitrogen and oxygen atoms in total. The average Bonchev–Trinajstić information content (AvgIpc) is 2.76. The van der Waals surface area contributed by atoms with Crippen molar-refractivity contribution < 1.29 is 4.39 Å². The number of benzene rings is 2. The molecule has 0 aromatic heterocycles. The van der Waals surface area contributed by atoms with Crippen molar-refractivity contribution in [3.8, 4) is 11.1 Å². The fourth-order valence-corrected chi connectivity index (χ4v) is 5.61. The average molecular weight is 413 g/mol. The fourth-order valence-electron chi connectivity index (χ4n) is 5.50. The molecule has 4 rings (SSSR count). The van der Waals surface area contributed by atoms with E-state index in [-0.39, 0.29) is 10.8 Å². The van der Waals surface area contributed by atoms with E-state index in [9.17, 15) is 4.39 Å². The van der Waals surface area contributed by atoms with Crippen LogP contribution in [-0.2, 0) is 0 Å². The molecule has 0 unspecified atom stereocenters. The van der Waals surface area contributed by atoms with Crippen molar-refractivity contribution in [2.24, 2.45) is 17.8 Å². The zero-order valence-electron chi connectivity index (χ0n) is 17.7. The molecule has 2 fully saturated rings. The molecule has 0 saturated heterocycles. The minimum absolute atomic E-state index is 0.181. The third-order valence-electron chi connectivity index (χ3n) is 7.60. The number of hydrogen-bond donors (Lipinski definition) is 0. The minimum atomic E-state index is -0.352. The van der Waals surface area contributed by atoms with E-state index in [1.807, 2.05) is 6.07 Å². The third kappa shape index (κ3) is 5.43. The van der Waals surface area contributed by atoms with Gasteiger partial charge in [-0.05, 0) is 78.2 Å². The zero-order chi connectivity index (χ0) is 20.2. The molecule has 0 amide bonds. The van der Waals surface area contributed by atoms with Gasteiger partial charge in [-0.3, -0.25) is 0 Å². The Morgan fingerprint density at radius 2 is 1.31 bits per heavy atom. The maximum absolute atomic E-state index is 13.7. The van der Waals surface area contributed by atoms with Gasteiger partial charge >= 0.3 is 0 Å². The summed E-state index contributed by atoms with van der Waals surface area (Å²) in [5.41, 5.74) is 3.39.